The summed E-state index contributed by atoms with van der Waals surface area (Å²) in [5.41, 5.74) is 1.58. The number of rotatable bonds is 10. The lowest BCUT2D eigenvalue weighted by Gasteiger charge is -2.30. The van der Waals surface area contributed by atoms with E-state index in [1.807, 2.05) is 18.2 Å². The number of benzene rings is 2. The first-order valence-electron chi connectivity index (χ1n) is 9.46. The molecule has 0 saturated heterocycles. The molecule has 0 fully saturated rings. The topological polar surface area (TPSA) is 60.0 Å². The van der Waals surface area contributed by atoms with Gasteiger partial charge >= 0.3 is 0 Å². The zero-order valence-corrected chi connectivity index (χ0v) is 17.3. The van der Waals surface area contributed by atoms with Crippen LogP contribution >= 0.6 is 0 Å². The van der Waals surface area contributed by atoms with Gasteiger partial charge in [-0.2, -0.15) is 0 Å². The molecule has 0 aliphatic carbocycles. The van der Waals surface area contributed by atoms with Crippen LogP contribution in [-0.2, 0) is 0 Å². The van der Waals surface area contributed by atoms with E-state index in [0.717, 1.165) is 13.1 Å². The van der Waals surface area contributed by atoms with E-state index in [9.17, 15) is 4.79 Å². The van der Waals surface area contributed by atoms with Crippen molar-refractivity contribution < 1.29 is 19.0 Å². The molecule has 0 spiro atoms. The number of carbonyl (C=O) groups excluding carboxylic acids is 1. The Balaban J connectivity index is 2.25. The summed E-state index contributed by atoms with van der Waals surface area (Å²) in [6.45, 7) is 6.52. The number of likely N-dealkylation sites (N-methyl/N-ethyl adjacent to an activating group) is 1. The van der Waals surface area contributed by atoms with Crippen molar-refractivity contribution in [2.24, 2.45) is 0 Å². The van der Waals surface area contributed by atoms with Crippen LogP contribution in [0, 0.1) is 0 Å². The van der Waals surface area contributed by atoms with E-state index in [4.69, 9.17) is 14.2 Å². The molecule has 0 aliphatic rings. The highest BCUT2D eigenvalue weighted by atomic mass is 16.5. The smallest absolute Gasteiger partial charge is 0.255 e. The molecule has 152 valence electrons. The molecule has 2 aromatic rings. The molecule has 1 unspecified atom stereocenters. The lowest BCUT2D eigenvalue weighted by atomic mass is 10.0. The van der Waals surface area contributed by atoms with Crippen molar-refractivity contribution in [1.29, 1.82) is 0 Å². The first-order valence-corrected chi connectivity index (χ1v) is 9.46. The highest BCUT2D eigenvalue weighted by Crippen LogP contribution is 2.34. The molecule has 0 radical (unpaired) electrons. The van der Waals surface area contributed by atoms with E-state index >= 15 is 0 Å². The van der Waals surface area contributed by atoms with E-state index < -0.39 is 0 Å². The van der Waals surface area contributed by atoms with Crippen LogP contribution in [0.4, 0.5) is 0 Å². The maximum Gasteiger partial charge on any atom is 0.255 e. The van der Waals surface area contributed by atoms with Gasteiger partial charge < -0.3 is 19.5 Å². The minimum Gasteiger partial charge on any atom is -0.496 e. The van der Waals surface area contributed by atoms with Gasteiger partial charge in [0.05, 0.1) is 32.9 Å². The second-order valence-corrected chi connectivity index (χ2v) is 6.27. The fraction of sp³-hybridized carbons (Fsp3) is 0.409. The van der Waals surface area contributed by atoms with Gasteiger partial charge in [0.25, 0.3) is 5.91 Å². The van der Waals surface area contributed by atoms with Crippen LogP contribution < -0.4 is 19.5 Å². The van der Waals surface area contributed by atoms with E-state index in [1.165, 1.54) is 19.8 Å². The van der Waals surface area contributed by atoms with Crippen LogP contribution in [0.3, 0.4) is 0 Å². The van der Waals surface area contributed by atoms with Crippen LogP contribution in [0.5, 0.6) is 17.2 Å². The lowest BCUT2D eigenvalue weighted by molar-refractivity contribution is 0.0931. The predicted octanol–water partition coefficient (Wildman–Crippen LogP) is 3.53. The van der Waals surface area contributed by atoms with Gasteiger partial charge in [-0.15, -0.1) is 0 Å². The summed E-state index contributed by atoms with van der Waals surface area (Å²) < 4.78 is 16.0. The van der Waals surface area contributed by atoms with Crippen molar-refractivity contribution >= 4 is 5.91 Å². The standard InChI is InChI=1S/C22H30N2O4/c1-6-24(7-2)18(16-11-9-8-10-12-16)15-23-22(25)17-13-20(27-4)21(28-5)14-19(17)26-3/h8-14,18H,6-7,15H2,1-5H3,(H,23,25). The fourth-order valence-corrected chi connectivity index (χ4v) is 3.29. The molecule has 0 aromatic heterocycles. The Morgan fingerprint density at radius 2 is 1.50 bits per heavy atom. The summed E-state index contributed by atoms with van der Waals surface area (Å²) in [7, 11) is 4.62. The summed E-state index contributed by atoms with van der Waals surface area (Å²) in [4.78, 5) is 15.2. The van der Waals surface area contributed by atoms with Crippen molar-refractivity contribution in [2.75, 3.05) is 41.0 Å². The van der Waals surface area contributed by atoms with E-state index in [0.29, 0.717) is 29.4 Å². The van der Waals surface area contributed by atoms with Gasteiger partial charge in [0.1, 0.15) is 5.75 Å². The molecule has 0 heterocycles. The second-order valence-electron chi connectivity index (χ2n) is 6.27. The quantitative estimate of drug-likeness (QED) is 0.677. The molecule has 0 bridgehead atoms. The number of methoxy groups -OCH3 is 3. The first kappa shape index (κ1) is 21.6. The third-order valence-corrected chi connectivity index (χ3v) is 4.84. The minimum absolute atomic E-state index is 0.0892. The molecule has 0 saturated carbocycles. The maximum absolute atomic E-state index is 12.9. The van der Waals surface area contributed by atoms with Crippen molar-refractivity contribution in [1.82, 2.24) is 10.2 Å². The maximum atomic E-state index is 12.9. The predicted molar refractivity (Wildman–Crippen MR) is 111 cm³/mol. The Hall–Kier alpha value is -2.73. The summed E-state index contributed by atoms with van der Waals surface area (Å²) in [6.07, 6.45) is 0. The van der Waals surface area contributed by atoms with Crippen LogP contribution in [0.1, 0.15) is 35.8 Å². The van der Waals surface area contributed by atoms with Gasteiger partial charge in [0.2, 0.25) is 0 Å². The van der Waals surface area contributed by atoms with Gasteiger partial charge in [-0.05, 0) is 18.7 Å². The number of ether oxygens (including phenoxy) is 3. The summed E-state index contributed by atoms with van der Waals surface area (Å²) >= 11 is 0. The van der Waals surface area contributed by atoms with Gasteiger partial charge in [0, 0.05) is 18.7 Å². The molecule has 2 aromatic carbocycles. The van der Waals surface area contributed by atoms with Crippen LogP contribution in [0.2, 0.25) is 0 Å². The third kappa shape index (κ3) is 4.95. The summed E-state index contributed by atoms with van der Waals surface area (Å²) in [6, 6.07) is 13.6. The zero-order valence-electron chi connectivity index (χ0n) is 17.3. The monoisotopic (exact) mass is 386 g/mol. The van der Waals surface area contributed by atoms with Crippen molar-refractivity contribution in [2.45, 2.75) is 19.9 Å². The van der Waals surface area contributed by atoms with Crippen molar-refractivity contribution in [3.05, 3.63) is 53.6 Å². The van der Waals surface area contributed by atoms with Gasteiger partial charge in [-0.3, -0.25) is 9.69 Å². The Morgan fingerprint density at radius 3 is 2.04 bits per heavy atom. The molecular weight excluding hydrogens is 356 g/mol. The molecule has 28 heavy (non-hydrogen) atoms. The number of nitrogens with one attached hydrogen (secondary N) is 1. The molecule has 1 N–H and O–H groups in total. The Morgan fingerprint density at radius 1 is 0.929 bits per heavy atom. The van der Waals surface area contributed by atoms with Crippen molar-refractivity contribution in [3.63, 3.8) is 0 Å². The fourth-order valence-electron chi connectivity index (χ4n) is 3.29. The van der Waals surface area contributed by atoms with Gasteiger partial charge in [-0.1, -0.05) is 44.2 Å². The van der Waals surface area contributed by atoms with Crippen molar-refractivity contribution in [3.8, 4) is 17.2 Å². The van der Waals surface area contributed by atoms with Gasteiger partial charge in [0.15, 0.2) is 11.5 Å². The average Bonchev–Trinajstić information content (AvgIpc) is 2.75. The van der Waals surface area contributed by atoms with Gasteiger partial charge in [-0.25, -0.2) is 0 Å². The normalized spacial score (nSPS) is 11.8. The molecule has 6 nitrogen and oxygen atoms in total. The molecular formula is C22H30N2O4. The Kier molecular flexibility index (Phi) is 8.14. The van der Waals surface area contributed by atoms with E-state index in [-0.39, 0.29) is 11.9 Å². The lowest BCUT2D eigenvalue weighted by Crippen LogP contribution is -2.38. The highest BCUT2D eigenvalue weighted by molar-refractivity contribution is 5.97. The van der Waals surface area contributed by atoms with Crippen LogP contribution in [-0.4, -0.2) is 51.8 Å². The Bertz CT molecular complexity index is 761. The highest BCUT2D eigenvalue weighted by Gasteiger charge is 2.22. The number of amides is 1. The van der Waals surface area contributed by atoms with E-state index in [2.05, 4.69) is 36.2 Å². The summed E-state index contributed by atoms with van der Waals surface area (Å²) in [5, 5.41) is 3.05. The first-order chi connectivity index (χ1) is 13.6. The summed E-state index contributed by atoms with van der Waals surface area (Å²) in [5.74, 6) is 1.22. The van der Waals surface area contributed by atoms with Crippen LogP contribution in [0.25, 0.3) is 0 Å². The SMILES string of the molecule is CCN(CC)C(CNC(=O)c1cc(OC)c(OC)cc1OC)c1ccccc1. The third-order valence-electron chi connectivity index (χ3n) is 4.84. The zero-order chi connectivity index (χ0) is 20.5. The molecule has 6 heteroatoms. The molecule has 2 rings (SSSR count). The molecule has 0 aliphatic heterocycles. The number of nitrogens with zero attached hydrogens (tertiary/aromatic N) is 1. The largest absolute Gasteiger partial charge is 0.496 e. The number of hydrogen-bond acceptors (Lipinski definition) is 5. The Labute approximate surface area is 167 Å². The second kappa shape index (κ2) is 10.6. The number of hydrogen-bond donors (Lipinski definition) is 1. The average molecular weight is 386 g/mol. The minimum atomic E-state index is -0.217. The van der Waals surface area contributed by atoms with E-state index in [1.54, 1.807) is 19.2 Å². The molecule has 1 atom stereocenters. The molecule has 1 amide bonds. The number of carbonyl (C=O) groups is 1. The van der Waals surface area contributed by atoms with Crippen LogP contribution in [0.15, 0.2) is 42.5 Å².